The molecule has 43 heavy (non-hydrogen) atoms. The number of hydrogen-bond donors (Lipinski definition) is 2. The van der Waals surface area contributed by atoms with Gasteiger partial charge in [-0.15, -0.1) is 0 Å². The predicted octanol–water partition coefficient (Wildman–Crippen LogP) is 3.40. The summed E-state index contributed by atoms with van der Waals surface area (Å²) in [6.07, 6.45) is 2.16. The summed E-state index contributed by atoms with van der Waals surface area (Å²) in [6.45, 7) is 3.02. The Labute approximate surface area is 250 Å². The number of carbonyl (C=O) groups is 3. The largest absolute Gasteiger partial charge is 0.493 e. The van der Waals surface area contributed by atoms with Gasteiger partial charge in [-0.3, -0.25) is 14.4 Å². The number of methoxy groups -OCH3 is 1. The Morgan fingerprint density at radius 1 is 1.14 bits per heavy atom. The third-order valence-electron chi connectivity index (χ3n) is 7.75. The lowest BCUT2D eigenvalue weighted by molar-refractivity contribution is -0.136. The van der Waals surface area contributed by atoms with E-state index in [0.29, 0.717) is 54.4 Å². The monoisotopic (exact) mass is 585 g/mol. The molecule has 1 fully saturated rings. The Kier molecular flexibility index (Phi) is 9.27. The SMILES string of the molecule is CCN1CC(=O)N[C@H]2CCN(C(=O)c3cc(C#N)c[nH]3)C[C@@H]2OCc2cccc(c2)Oc2cc(ccc2OC)CCC1=O. The van der Waals surface area contributed by atoms with Gasteiger partial charge in [-0.1, -0.05) is 18.2 Å². The fourth-order valence-electron chi connectivity index (χ4n) is 5.38. The van der Waals surface area contributed by atoms with Gasteiger partial charge >= 0.3 is 0 Å². The first-order chi connectivity index (χ1) is 20.9. The summed E-state index contributed by atoms with van der Waals surface area (Å²) in [5.41, 5.74) is 2.46. The van der Waals surface area contributed by atoms with Crippen molar-refractivity contribution in [1.29, 1.82) is 5.26 Å². The quantitative estimate of drug-likeness (QED) is 0.481. The first kappa shape index (κ1) is 29.7. The Morgan fingerprint density at radius 2 is 2.00 bits per heavy atom. The molecule has 2 N–H and O–H groups in total. The van der Waals surface area contributed by atoms with E-state index in [4.69, 9.17) is 19.5 Å². The van der Waals surface area contributed by atoms with E-state index in [9.17, 15) is 14.4 Å². The number of likely N-dealkylation sites (tertiary alicyclic amines) is 1. The topological polar surface area (TPSA) is 137 Å². The average molecular weight is 586 g/mol. The molecule has 1 saturated heterocycles. The van der Waals surface area contributed by atoms with Crippen LogP contribution in [0.3, 0.4) is 0 Å². The van der Waals surface area contributed by atoms with Gasteiger partial charge in [-0.25, -0.2) is 0 Å². The van der Waals surface area contributed by atoms with Gasteiger partial charge in [0.2, 0.25) is 11.8 Å². The van der Waals surface area contributed by atoms with Gasteiger partial charge in [0.05, 0.1) is 38.0 Å². The van der Waals surface area contributed by atoms with E-state index in [1.54, 1.807) is 12.0 Å². The molecule has 2 aliphatic heterocycles. The van der Waals surface area contributed by atoms with Crippen LogP contribution in [0.2, 0.25) is 0 Å². The number of H-pyrrole nitrogens is 1. The van der Waals surface area contributed by atoms with E-state index in [1.165, 1.54) is 17.2 Å². The highest BCUT2D eigenvalue weighted by molar-refractivity contribution is 5.93. The van der Waals surface area contributed by atoms with Crippen molar-refractivity contribution in [1.82, 2.24) is 20.1 Å². The highest BCUT2D eigenvalue weighted by atomic mass is 16.5. The smallest absolute Gasteiger partial charge is 0.270 e. The number of nitriles is 1. The fraction of sp³-hybridized carbons (Fsp3) is 0.375. The maximum Gasteiger partial charge on any atom is 0.270 e. The number of fused-ring (bicyclic) bond motifs is 5. The molecular weight excluding hydrogens is 550 g/mol. The summed E-state index contributed by atoms with van der Waals surface area (Å²) >= 11 is 0. The first-order valence-electron chi connectivity index (χ1n) is 14.4. The number of rotatable bonds is 3. The number of nitrogens with one attached hydrogen (secondary N) is 2. The molecule has 0 spiro atoms. The maximum atomic E-state index is 13.2. The molecule has 11 heteroatoms. The number of benzene rings is 2. The Hall–Kier alpha value is -4.82. The fourth-order valence-corrected chi connectivity index (χ4v) is 5.38. The van der Waals surface area contributed by atoms with E-state index in [-0.39, 0.29) is 49.9 Å². The van der Waals surface area contributed by atoms with E-state index in [1.807, 2.05) is 55.5 Å². The molecule has 2 atom stereocenters. The van der Waals surface area contributed by atoms with Crippen LogP contribution < -0.4 is 14.8 Å². The van der Waals surface area contributed by atoms with Crippen LogP contribution in [0.1, 0.15) is 46.9 Å². The molecular formula is C32H35N5O6. The number of nitrogens with zero attached hydrogens (tertiary/aromatic N) is 3. The third kappa shape index (κ3) is 7.16. The van der Waals surface area contributed by atoms with Crippen molar-refractivity contribution in [2.24, 2.45) is 0 Å². The lowest BCUT2D eigenvalue weighted by atomic mass is 10.0. The summed E-state index contributed by atoms with van der Waals surface area (Å²) in [6, 6.07) is 16.3. The van der Waals surface area contributed by atoms with Crippen LogP contribution in [0.4, 0.5) is 0 Å². The molecule has 1 aromatic heterocycles. The van der Waals surface area contributed by atoms with E-state index >= 15 is 0 Å². The summed E-state index contributed by atoms with van der Waals surface area (Å²) in [5, 5.41) is 12.2. The summed E-state index contributed by atoms with van der Waals surface area (Å²) < 4.78 is 18.1. The molecule has 3 aromatic rings. The molecule has 5 rings (SSSR count). The van der Waals surface area contributed by atoms with Crippen LogP contribution in [0.5, 0.6) is 17.2 Å². The Balaban J connectivity index is 1.41. The van der Waals surface area contributed by atoms with Crippen molar-refractivity contribution in [2.75, 3.05) is 33.3 Å². The zero-order chi connectivity index (χ0) is 30.3. The maximum absolute atomic E-state index is 13.2. The van der Waals surface area contributed by atoms with E-state index in [2.05, 4.69) is 10.3 Å². The molecule has 0 saturated carbocycles. The molecule has 3 heterocycles. The molecule has 11 nitrogen and oxygen atoms in total. The minimum atomic E-state index is -0.516. The number of aromatic amines is 1. The summed E-state index contributed by atoms with van der Waals surface area (Å²) in [5.74, 6) is 1.04. The van der Waals surface area contributed by atoms with Gasteiger partial charge in [0.15, 0.2) is 11.5 Å². The van der Waals surface area contributed by atoms with Gasteiger partial charge in [-0.2, -0.15) is 5.26 Å². The highest BCUT2D eigenvalue weighted by Crippen LogP contribution is 2.33. The zero-order valence-electron chi connectivity index (χ0n) is 24.3. The van der Waals surface area contributed by atoms with Crippen molar-refractivity contribution in [3.8, 4) is 23.3 Å². The number of carbonyl (C=O) groups excluding carboxylic acids is 3. The molecule has 2 aromatic carbocycles. The second-order valence-electron chi connectivity index (χ2n) is 10.6. The molecule has 2 aliphatic rings. The lowest BCUT2D eigenvalue weighted by Gasteiger charge is -2.39. The van der Waals surface area contributed by atoms with Crippen LogP contribution >= 0.6 is 0 Å². The van der Waals surface area contributed by atoms with Crippen LogP contribution in [0.15, 0.2) is 54.7 Å². The van der Waals surface area contributed by atoms with Crippen molar-refractivity contribution in [3.05, 3.63) is 77.1 Å². The summed E-state index contributed by atoms with van der Waals surface area (Å²) in [4.78, 5) is 45.5. The van der Waals surface area contributed by atoms with Gasteiger partial charge in [-0.05, 0) is 61.2 Å². The number of likely N-dealkylation sites (N-methyl/N-ethyl adjacent to an activating group) is 1. The van der Waals surface area contributed by atoms with Gasteiger partial charge in [0, 0.05) is 32.3 Å². The average Bonchev–Trinajstić information content (AvgIpc) is 3.51. The van der Waals surface area contributed by atoms with Gasteiger partial charge in [0.1, 0.15) is 17.5 Å². The number of hydrogen-bond acceptors (Lipinski definition) is 7. The van der Waals surface area contributed by atoms with E-state index in [0.717, 1.165) is 11.1 Å². The number of aryl methyl sites for hydroxylation is 1. The normalized spacial score (nSPS) is 19.7. The Morgan fingerprint density at radius 3 is 2.77 bits per heavy atom. The van der Waals surface area contributed by atoms with Crippen LogP contribution in [0.25, 0.3) is 0 Å². The van der Waals surface area contributed by atoms with Gasteiger partial charge < -0.3 is 34.3 Å². The second kappa shape index (κ2) is 13.4. The molecule has 3 amide bonds. The minimum Gasteiger partial charge on any atom is -0.493 e. The molecule has 224 valence electrons. The molecule has 0 unspecified atom stereocenters. The van der Waals surface area contributed by atoms with Crippen LogP contribution in [0, 0.1) is 11.3 Å². The standard InChI is InChI=1S/C32H35N5O6/c1-3-36-19-30(38)35-25-11-12-37(32(40)26-14-23(16-33)17-34-26)18-29(25)42-20-22-5-4-6-24(13-22)43-28-15-21(8-10-31(36)39)7-9-27(28)41-2/h4-7,9,13-15,17,25,29,34H,3,8,10-12,18-20H2,1-2H3,(H,35,38)/t25-,29-/m0/s1. The minimum absolute atomic E-state index is 0.0698. The number of piperidine rings is 1. The number of ether oxygens (including phenoxy) is 3. The number of aromatic nitrogens is 1. The van der Waals surface area contributed by atoms with Crippen LogP contribution in [-0.2, 0) is 27.4 Å². The van der Waals surface area contributed by atoms with Gasteiger partial charge in [0.25, 0.3) is 5.91 Å². The zero-order valence-corrected chi connectivity index (χ0v) is 24.3. The predicted molar refractivity (Wildman–Crippen MR) is 157 cm³/mol. The van der Waals surface area contributed by atoms with Crippen molar-refractivity contribution in [2.45, 2.75) is 44.9 Å². The van der Waals surface area contributed by atoms with E-state index < -0.39 is 6.10 Å². The van der Waals surface area contributed by atoms with Crippen molar-refractivity contribution < 1.29 is 28.6 Å². The lowest BCUT2D eigenvalue weighted by Crippen LogP contribution is -2.57. The van der Waals surface area contributed by atoms with Crippen molar-refractivity contribution >= 4 is 17.7 Å². The third-order valence-corrected chi connectivity index (χ3v) is 7.75. The van der Waals surface area contributed by atoms with Crippen molar-refractivity contribution in [3.63, 3.8) is 0 Å². The Bertz CT molecular complexity index is 1530. The molecule has 4 bridgehead atoms. The molecule has 0 aliphatic carbocycles. The summed E-state index contributed by atoms with van der Waals surface area (Å²) in [7, 11) is 1.57. The van der Waals surface area contributed by atoms with Crippen LogP contribution in [-0.4, -0.2) is 77.9 Å². The molecule has 0 radical (unpaired) electrons. The first-order valence-corrected chi connectivity index (χ1v) is 14.4. The number of amides is 3. The highest BCUT2D eigenvalue weighted by Gasteiger charge is 2.34. The second-order valence-corrected chi connectivity index (χ2v) is 10.6.